The molecule has 1 aromatic rings. The van der Waals surface area contributed by atoms with Crippen molar-refractivity contribution in [3.05, 3.63) is 48.0 Å². The monoisotopic (exact) mass is 232 g/mol. The van der Waals surface area contributed by atoms with Crippen LogP contribution in [0.15, 0.2) is 36.9 Å². The van der Waals surface area contributed by atoms with Gasteiger partial charge in [0.15, 0.2) is 0 Å². The minimum atomic E-state index is -0.711. The molecule has 0 saturated heterocycles. The summed E-state index contributed by atoms with van der Waals surface area (Å²) in [4.78, 5) is 14.4. The second-order valence-corrected chi connectivity index (χ2v) is 3.06. The minimum Gasteiger partial charge on any atom is -0.497 e. The Morgan fingerprint density at radius 3 is 2.59 bits per heavy atom. The van der Waals surface area contributed by atoms with Gasteiger partial charge in [-0.2, -0.15) is 4.79 Å². The van der Waals surface area contributed by atoms with E-state index in [0.717, 1.165) is 0 Å². The summed E-state index contributed by atoms with van der Waals surface area (Å²) in [5.41, 5.74) is 9.09. The fourth-order valence-electron chi connectivity index (χ4n) is 1.17. The van der Waals surface area contributed by atoms with Crippen molar-refractivity contribution >= 4 is 11.7 Å². The molecule has 0 spiro atoms. The molecule has 5 nitrogen and oxygen atoms in total. The number of carbonyl (C=O) groups is 1. The van der Waals surface area contributed by atoms with Gasteiger partial charge in [0.25, 0.3) is 0 Å². The van der Waals surface area contributed by atoms with Gasteiger partial charge in [-0.1, -0.05) is 12.7 Å². The average Bonchev–Trinajstić information content (AvgIpc) is 2.38. The van der Waals surface area contributed by atoms with Gasteiger partial charge in [-0.25, -0.2) is 4.79 Å². The number of esters is 1. The number of carbonyl (C=O) groups excluding carboxylic acids is 1. The van der Waals surface area contributed by atoms with Crippen LogP contribution < -0.4 is 4.74 Å². The third-order valence-corrected chi connectivity index (χ3v) is 1.99. The smallest absolute Gasteiger partial charge is 0.422 e. The van der Waals surface area contributed by atoms with E-state index in [4.69, 9.17) is 15.0 Å². The molecule has 0 fully saturated rings. The van der Waals surface area contributed by atoms with Crippen molar-refractivity contribution in [1.29, 1.82) is 0 Å². The van der Waals surface area contributed by atoms with Crippen molar-refractivity contribution in [2.75, 3.05) is 13.7 Å². The molecule has 5 heteroatoms. The highest BCUT2D eigenvalue weighted by Crippen LogP contribution is 2.11. The molecule has 0 amide bonds. The summed E-state index contributed by atoms with van der Waals surface area (Å²) in [5.74, 6) is -0.0666. The van der Waals surface area contributed by atoms with Crippen LogP contribution >= 0.6 is 0 Å². The maximum atomic E-state index is 11.5. The SMILES string of the molecule is C=CCOC(=O)C(=[N+]=[N-])c1ccc(OC)cc1. The number of ether oxygens (including phenoxy) is 2. The topological polar surface area (TPSA) is 71.9 Å². The number of methoxy groups -OCH3 is 1. The second-order valence-electron chi connectivity index (χ2n) is 3.06. The van der Waals surface area contributed by atoms with Crippen molar-refractivity contribution in [2.45, 2.75) is 0 Å². The normalized spacial score (nSPS) is 9.00. The zero-order valence-corrected chi connectivity index (χ0v) is 9.42. The van der Waals surface area contributed by atoms with Gasteiger partial charge in [0, 0.05) is 0 Å². The number of nitrogens with zero attached hydrogens (tertiary/aromatic N) is 2. The van der Waals surface area contributed by atoms with Crippen LogP contribution in [0.2, 0.25) is 0 Å². The van der Waals surface area contributed by atoms with Crippen LogP contribution in [0.3, 0.4) is 0 Å². The van der Waals surface area contributed by atoms with Crippen molar-refractivity contribution < 1.29 is 19.1 Å². The number of rotatable bonds is 5. The average molecular weight is 232 g/mol. The van der Waals surface area contributed by atoms with E-state index < -0.39 is 5.97 Å². The lowest BCUT2D eigenvalue weighted by Crippen LogP contribution is -2.19. The Hall–Kier alpha value is -2.39. The summed E-state index contributed by atoms with van der Waals surface area (Å²) < 4.78 is 9.75. The molecule has 88 valence electrons. The summed E-state index contributed by atoms with van der Waals surface area (Å²) >= 11 is 0. The predicted octanol–water partition coefficient (Wildman–Crippen LogP) is 1.44. The number of benzene rings is 1. The van der Waals surface area contributed by atoms with Gasteiger partial charge >= 0.3 is 11.7 Å². The molecule has 1 aromatic carbocycles. The first-order valence-corrected chi connectivity index (χ1v) is 4.87. The van der Waals surface area contributed by atoms with E-state index in [9.17, 15) is 4.79 Å². The third-order valence-electron chi connectivity index (χ3n) is 1.99. The quantitative estimate of drug-likeness (QED) is 0.253. The highest BCUT2D eigenvalue weighted by molar-refractivity contribution is 6.40. The van der Waals surface area contributed by atoms with Crippen LogP contribution in [0.5, 0.6) is 5.75 Å². The van der Waals surface area contributed by atoms with Gasteiger partial charge in [0.1, 0.15) is 12.4 Å². The fraction of sp³-hybridized carbons (Fsp3) is 0.167. The van der Waals surface area contributed by atoms with E-state index in [1.165, 1.54) is 13.2 Å². The minimum absolute atomic E-state index is 0.0635. The number of hydrogen-bond donors (Lipinski definition) is 0. The summed E-state index contributed by atoms with van der Waals surface area (Å²) in [7, 11) is 1.54. The molecule has 0 aliphatic rings. The summed E-state index contributed by atoms with van der Waals surface area (Å²) in [5, 5.41) is 0. The predicted molar refractivity (Wildman–Crippen MR) is 61.9 cm³/mol. The molecule has 0 atom stereocenters. The fourth-order valence-corrected chi connectivity index (χ4v) is 1.17. The Labute approximate surface area is 98.9 Å². The summed E-state index contributed by atoms with van der Waals surface area (Å²) in [6, 6.07) is 6.51. The van der Waals surface area contributed by atoms with Crippen molar-refractivity contribution in [1.82, 2.24) is 0 Å². The second kappa shape index (κ2) is 6.25. The van der Waals surface area contributed by atoms with E-state index in [-0.39, 0.29) is 12.3 Å². The van der Waals surface area contributed by atoms with Gasteiger partial charge in [-0.15, -0.1) is 0 Å². The summed E-state index contributed by atoms with van der Waals surface area (Å²) in [6.45, 7) is 3.48. The molecule has 0 aliphatic heterocycles. The Bertz CT molecular complexity index is 459. The first kappa shape index (κ1) is 12.7. The number of hydrogen-bond acceptors (Lipinski definition) is 3. The van der Waals surface area contributed by atoms with Gasteiger partial charge < -0.3 is 15.0 Å². The molecular weight excluding hydrogens is 220 g/mol. The molecule has 0 bridgehead atoms. The van der Waals surface area contributed by atoms with Gasteiger partial charge in [0.05, 0.1) is 12.7 Å². The Balaban J connectivity index is 2.90. The molecule has 0 aromatic heterocycles. The lowest BCUT2D eigenvalue weighted by atomic mass is 10.1. The van der Waals surface area contributed by atoms with Gasteiger partial charge in [-0.3, -0.25) is 0 Å². The lowest BCUT2D eigenvalue weighted by Gasteiger charge is -2.00. The molecule has 0 unspecified atom stereocenters. The van der Waals surface area contributed by atoms with Gasteiger partial charge in [0.2, 0.25) is 0 Å². The highest BCUT2D eigenvalue weighted by atomic mass is 16.5. The van der Waals surface area contributed by atoms with Crippen molar-refractivity contribution in [2.24, 2.45) is 0 Å². The Morgan fingerprint density at radius 2 is 2.12 bits per heavy atom. The first-order valence-electron chi connectivity index (χ1n) is 4.87. The van der Waals surface area contributed by atoms with E-state index in [2.05, 4.69) is 11.4 Å². The molecule has 17 heavy (non-hydrogen) atoms. The molecule has 0 saturated carbocycles. The molecule has 0 aliphatic carbocycles. The largest absolute Gasteiger partial charge is 0.497 e. The molecule has 0 N–H and O–H groups in total. The van der Waals surface area contributed by atoms with Crippen LogP contribution in [0, 0.1) is 0 Å². The van der Waals surface area contributed by atoms with E-state index in [1.807, 2.05) is 0 Å². The lowest BCUT2D eigenvalue weighted by molar-refractivity contribution is -0.138. The Kier molecular flexibility index (Phi) is 4.66. The van der Waals surface area contributed by atoms with E-state index in [1.54, 1.807) is 24.3 Å². The van der Waals surface area contributed by atoms with Crippen LogP contribution in [0.1, 0.15) is 5.56 Å². The molecule has 0 radical (unpaired) electrons. The zero-order valence-electron chi connectivity index (χ0n) is 9.42. The Morgan fingerprint density at radius 1 is 1.47 bits per heavy atom. The van der Waals surface area contributed by atoms with E-state index in [0.29, 0.717) is 11.3 Å². The highest BCUT2D eigenvalue weighted by Gasteiger charge is 2.24. The standard InChI is InChI=1S/C12H12N2O3/c1-3-8-17-12(15)11(14-13)9-4-6-10(16-2)7-5-9/h3-7H,1,8H2,2H3. The van der Waals surface area contributed by atoms with Crippen molar-refractivity contribution in [3.63, 3.8) is 0 Å². The first-order chi connectivity index (χ1) is 8.22. The van der Waals surface area contributed by atoms with E-state index >= 15 is 0 Å². The zero-order chi connectivity index (χ0) is 12.7. The molecular formula is C12H12N2O3. The summed E-state index contributed by atoms with van der Waals surface area (Å²) in [6.07, 6.45) is 1.43. The van der Waals surface area contributed by atoms with Crippen molar-refractivity contribution in [3.8, 4) is 5.75 Å². The van der Waals surface area contributed by atoms with Crippen LogP contribution in [-0.2, 0) is 9.53 Å². The van der Waals surface area contributed by atoms with Crippen LogP contribution in [-0.4, -0.2) is 30.2 Å². The molecule has 1 rings (SSSR count). The maximum Gasteiger partial charge on any atom is 0.422 e. The van der Waals surface area contributed by atoms with Crippen LogP contribution in [0.4, 0.5) is 0 Å². The molecule has 0 heterocycles. The maximum absolute atomic E-state index is 11.5. The van der Waals surface area contributed by atoms with Crippen LogP contribution in [0.25, 0.3) is 5.53 Å². The van der Waals surface area contributed by atoms with Gasteiger partial charge in [-0.05, 0) is 24.3 Å². The third kappa shape index (κ3) is 3.29.